The van der Waals surface area contributed by atoms with Crippen LogP contribution in [0.25, 0.3) is 117 Å². The van der Waals surface area contributed by atoms with Gasteiger partial charge in [0.2, 0.25) is 0 Å². The molecule has 0 saturated carbocycles. The Labute approximate surface area is 350 Å². The molecule has 2 heterocycles. The number of rotatable bonds is 3. The molecular formula is C57H36S2. The fraction of sp³-hybridized carbons (Fsp3) is 0.0526. The maximum atomic E-state index is 2.51. The summed E-state index contributed by atoms with van der Waals surface area (Å²) in [4.78, 5) is 0. The van der Waals surface area contributed by atoms with E-state index in [0.717, 1.165) is 0 Å². The van der Waals surface area contributed by atoms with Gasteiger partial charge < -0.3 is 0 Å². The first-order chi connectivity index (χ1) is 29.0. The number of hydrogen-bond acceptors (Lipinski definition) is 2. The minimum absolute atomic E-state index is 0.159. The molecule has 12 aromatic rings. The van der Waals surface area contributed by atoms with Crippen LogP contribution >= 0.6 is 22.7 Å². The average Bonchev–Trinajstić information content (AvgIpc) is 3.92. The van der Waals surface area contributed by atoms with E-state index in [4.69, 9.17) is 0 Å². The van der Waals surface area contributed by atoms with Crippen molar-refractivity contribution >= 4 is 95.3 Å². The van der Waals surface area contributed by atoms with Gasteiger partial charge in [-0.1, -0.05) is 166 Å². The van der Waals surface area contributed by atoms with Gasteiger partial charge in [0.25, 0.3) is 0 Å². The molecular weight excluding hydrogens is 749 g/mol. The zero-order valence-electron chi connectivity index (χ0n) is 32.6. The maximum Gasteiger partial charge on any atom is 0.0454 e. The average molecular weight is 785 g/mol. The minimum Gasteiger partial charge on any atom is -0.135 e. The van der Waals surface area contributed by atoms with Crippen LogP contribution in [0.4, 0.5) is 0 Å². The highest BCUT2D eigenvalue weighted by Gasteiger charge is 2.36. The molecule has 0 N–H and O–H groups in total. The van der Waals surface area contributed by atoms with Crippen molar-refractivity contribution in [1.29, 1.82) is 0 Å². The van der Waals surface area contributed by atoms with E-state index in [9.17, 15) is 0 Å². The standard InChI is InChI=1S/C57H36S2/c1-57(2)47-29-27-34(45-32-51-55(44-22-10-11-24-49(44)58-51)56-54(45)43-21-9-12-25-50(43)59-56)30-46(47)37-28-26-35(31-48(37)57)52-39-17-5-7-19-41(39)53(42-20-8-6-18-40(42)52)38-23-13-15-33-14-3-4-16-36(33)38/h3-32H,1-2H3. The molecule has 0 nitrogen and oxygen atoms in total. The van der Waals surface area contributed by atoms with Crippen molar-refractivity contribution in [2.75, 3.05) is 0 Å². The molecule has 59 heavy (non-hydrogen) atoms. The van der Waals surface area contributed by atoms with E-state index in [1.54, 1.807) is 0 Å². The molecule has 276 valence electrons. The van der Waals surface area contributed by atoms with E-state index in [1.165, 1.54) is 128 Å². The summed E-state index contributed by atoms with van der Waals surface area (Å²) >= 11 is 3.86. The van der Waals surface area contributed by atoms with Crippen LogP contribution in [-0.4, -0.2) is 0 Å². The van der Waals surface area contributed by atoms with Crippen molar-refractivity contribution in [1.82, 2.24) is 0 Å². The molecule has 0 saturated heterocycles. The number of thiophene rings is 2. The number of hydrogen-bond donors (Lipinski definition) is 0. The van der Waals surface area contributed by atoms with Crippen LogP contribution in [0.2, 0.25) is 0 Å². The lowest BCUT2D eigenvalue weighted by atomic mass is 9.80. The van der Waals surface area contributed by atoms with Gasteiger partial charge in [0, 0.05) is 45.8 Å². The SMILES string of the molecule is CC1(C)c2ccc(-c3cc4sc5ccccc5c4c4sc5ccccc5c34)cc2-c2ccc(-c3c4ccccc4c(-c4cccc5ccccc45)c4ccccc34)cc21. The number of fused-ring (bicyclic) bond motifs is 13. The Bertz CT molecular complexity index is 3700. The monoisotopic (exact) mass is 784 g/mol. The molecule has 0 amide bonds. The van der Waals surface area contributed by atoms with Crippen molar-refractivity contribution in [3.63, 3.8) is 0 Å². The normalized spacial score (nSPS) is 13.4. The molecule has 0 fully saturated rings. The van der Waals surface area contributed by atoms with Crippen LogP contribution in [0, 0.1) is 0 Å². The van der Waals surface area contributed by atoms with Gasteiger partial charge in [-0.2, -0.15) is 0 Å². The first-order valence-electron chi connectivity index (χ1n) is 20.5. The fourth-order valence-electron chi connectivity index (χ4n) is 10.6. The van der Waals surface area contributed by atoms with Crippen molar-refractivity contribution in [3.8, 4) is 44.5 Å². The highest BCUT2D eigenvalue weighted by atomic mass is 32.1. The summed E-state index contributed by atoms with van der Waals surface area (Å²) in [7, 11) is 0. The van der Waals surface area contributed by atoms with Crippen LogP contribution in [-0.2, 0) is 5.41 Å². The molecule has 13 rings (SSSR count). The molecule has 0 atom stereocenters. The van der Waals surface area contributed by atoms with Crippen LogP contribution in [0.5, 0.6) is 0 Å². The van der Waals surface area contributed by atoms with Gasteiger partial charge in [0.1, 0.15) is 0 Å². The molecule has 1 aliphatic rings. The second-order valence-electron chi connectivity index (χ2n) is 16.7. The topological polar surface area (TPSA) is 0 Å². The van der Waals surface area contributed by atoms with Gasteiger partial charge in [-0.15, -0.1) is 22.7 Å². The van der Waals surface area contributed by atoms with Crippen LogP contribution < -0.4 is 0 Å². The smallest absolute Gasteiger partial charge is 0.0454 e. The lowest BCUT2D eigenvalue weighted by Gasteiger charge is -2.23. The predicted molar refractivity (Wildman–Crippen MR) is 259 cm³/mol. The van der Waals surface area contributed by atoms with Gasteiger partial charge >= 0.3 is 0 Å². The first-order valence-corrected chi connectivity index (χ1v) is 22.1. The Morgan fingerprint density at radius 2 is 0.915 bits per heavy atom. The molecule has 0 bridgehead atoms. The largest absolute Gasteiger partial charge is 0.135 e. The van der Waals surface area contributed by atoms with Gasteiger partial charge in [-0.25, -0.2) is 0 Å². The first kappa shape index (κ1) is 33.4. The Balaban J connectivity index is 1.02. The highest BCUT2D eigenvalue weighted by molar-refractivity contribution is 7.30. The Morgan fingerprint density at radius 3 is 1.64 bits per heavy atom. The summed E-state index contributed by atoms with van der Waals surface area (Å²) in [6.45, 7) is 4.82. The quantitative estimate of drug-likeness (QED) is 0.157. The summed E-state index contributed by atoms with van der Waals surface area (Å²) in [5.41, 5.74) is 13.1. The van der Waals surface area contributed by atoms with E-state index in [0.29, 0.717) is 0 Å². The van der Waals surface area contributed by atoms with Crippen molar-refractivity contribution < 1.29 is 0 Å². The second kappa shape index (κ2) is 12.2. The van der Waals surface area contributed by atoms with Gasteiger partial charge in [-0.3, -0.25) is 0 Å². The summed E-state index contributed by atoms with van der Waals surface area (Å²) in [6.07, 6.45) is 0. The van der Waals surface area contributed by atoms with E-state index in [2.05, 4.69) is 196 Å². The molecule has 0 spiro atoms. The fourth-order valence-corrected chi connectivity index (χ4v) is 13.1. The summed E-state index contributed by atoms with van der Waals surface area (Å²) in [5.74, 6) is 0. The van der Waals surface area contributed by atoms with E-state index < -0.39 is 0 Å². The Kier molecular flexibility index (Phi) is 6.92. The highest BCUT2D eigenvalue weighted by Crippen LogP contribution is 2.54. The number of benzene rings is 10. The molecule has 1 aliphatic carbocycles. The summed E-state index contributed by atoms with van der Waals surface area (Å²) in [6, 6.07) is 68.5. The summed E-state index contributed by atoms with van der Waals surface area (Å²) < 4.78 is 5.45. The molecule has 0 unspecified atom stereocenters. The van der Waals surface area contributed by atoms with E-state index >= 15 is 0 Å². The van der Waals surface area contributed by atoms with Crippen LogP contribution in [0.3, 0.4) is 0 Å². The van der Waals surface area contributed by atoms with Gasteiger partial charge in [0.15, 0.2) is 0 Å². The third-order valence-electron chi connectivity index (χ3n) is 13.3. The maximum absolute atomic E-state index is 2.51. The lowest BCUT2D eigenvalue weighted by Crippen LogP contribution is -2.15. The second-order valence-corrected chi connectivity index (χ2v) is 18.8. The van der Waals surface area contributed by atoms with Crippen LogP contribution in [0.1, 0.15) is 25.0 Å². The van der Waals surface area contributed by atoms with Crippen molar-refractivity contribution in [2.45, 2.75) is 19.3 Å². The molecule has 2 aromatic heterocycles. The van der Waals surface area contributed by atoms with E-state index in [1.807, 2.05) is 22.7 Å². The van der Waals surface area contributed by atoms with Crippen molar-refractivity contribution in [3.05, 3.63) is 193 Å². The lowest BCUT2D eigenvalue weighted by molar-refractivity contribution is 0.660. The van der Waals surface area contributed by atoms with E-state index in [-0.39, 0.29) is 5.41 Å². The molecule has 2 heteroatoms. The molecule has 0 radical (unpaired) electrons. The van der Waals surface area contributed by atoms with Crippen LogP contribution in [0.15, 0.2) is 182 Å². The minimum atomic E-state index is -0.159. The Morgan fingerprint density at radius 1 is 0.339 bits per heavy atom. The third kappa shape index (κ3) is 4.65. The molecule has 10 aromatic carbocycles. The predicted octanol–water partition coefficient (Wildman–Crippen LogP) is 17.2. The summed E-state index contributed by atoms with van der Waals surface area (Å²) in [5, 5.41) is 13.2. The van der Waals surface area contributed by atoms with Gasteiger partial charge in [0.05, 0.1) is 0 Å². The Hall–Kier alpha value is -6.58. The zero-order valence-corrected chi connectivity index (χ0v) is 34.3. The van der Waals surface area contributed by atoms with Gasteiger partial charge in [-0.05, 0) is 118 Å². The molecule has 0 aliphatic heterocycles. The zero-order chi connectivity index (χ0) is 39.0. The van der Waals surface area contributed by atoms with Crippen molar-refractivity contribution in [2.24, 2.45) is 0 Å². The third-order valence-corrected chi connectivity index (χ3v) is 15.6.